The molecule has 2 aliphatic rings. The van der Waals surface area contributed by atoms with E-state index in [1.165, 1.54) is 70.6 Å². The Morgan fingerprint density at radius 1 is 0.556 bits per heavy atom. The van der Waals surface area contributed by atoms with E-state index in [0.717, 1.165) is 4.83 Å². The maximum Gasteiger partial charge on any atom is 0.189 e. The maximum absolute atomic E-state index is 3.59. The normalized spacial score (nSPS) is 21.2. The molecule has 2 rings (SSSR count). The van der Waals surface area contributed by atoms with Crippen molar-refractivity contribution >= 4 is 79.6 Å². The molecule has 0 unspecified atom stereocenters. The van der Waals surface area contributed by atoms with Crippen molar-refractivity contribution in [3.8, 4) is 0 Å². The Hall–Kier alpha value is 2.40. The smallest absolute Gasteiger partial charge is 0.0891 e. The lowest BCUT2D eigenvalue weighted by atomic mass is 10.0. The summed E-state index contributed by atoms with van der Waals surface area (Å²) < 4.78 is -0.250. The molecule has 0 aliphatic heterocycles. The summed E-state index contributed by atoms with van der Waals surface area (Å²) in [6, 6.07) is 0. The molecule has 2 fully saturated rings. The van der Waals surface area contributed by atoms with Crippen LogP contribution in [0.5, 0.6) is 0 Å². The SMILES string of the molecule is BrC(Br)(Br)Br.BrC1CCCCC1.C1CCCCC1. The molecule has 0 spiro atoms. The number of halogens is 5. The Morgan fingerprint density at radius 3 is 0.944 bits per heavy atom. The fourth-order valence-corrected chi connectivity index (χ4v) is 2.76. The Balaban J connectivity index is 0.000000245. The first-order valence-electron chi connectivity index (χ1n) is 6.79. The van der Waals surface area contributed by atoms with Crippen LogP contribution >= 0.6 is 79.6 Å². The summed E-state index contributed by atoms with van der Waals surface area (Å²) in [4.78, 5) is 0.848. The van der Waals surface area contributed by atoms with Gasteiger partial charge < -0.3 is 0 Å². The first-order chi connectivity index (χ1) is 8.39. The fourth-order valence-electron chi connectivity index (χ4n) is 2.11. The van der Waals surface area contributed by atoms with Gasteiger partial charge in [0.05, 0.1) is 0 Å². The lowest BCUT2D eigenvalue weighted by Crippen LogP contribution is -2.02. The van der Waals surface area contributed by atoms with E-state index in [1.807, 2.05) is 0 Å². The van der Waals surface area contributed by atoms with Crippen LogP contribution in [0.4, 0.5) is 0 Å². The summed E-state index contributed by atoms with van der Waals surface area (Å²) in [6.07, 6.45) is 16.1. The van der Waals surface area contributed by atoms with Crippen LogP contribution < -0.4 is 0 Å². The molecular weight excluding hydrogens is 556 g/mol. The van der Waals surface area contributed by atoms with Crippen molar-refractivity contribution in [2.45, 2.75) is 76.5 Å². The van der Waals surface area contributed by atoms with Gasteiger partial charge in [-0.3, -0.25) is 0 Å². The summed E-state index contributed by atoms with van der Waals surface area (Å²) in [5.74, 6) is 0. The minimum atomic E-state index is -0.250. The van der Waals surface area contributed by atoms with Crippen molar-refractivity contribution in [2.24, 2.45) is 0 Å². The third-order valence-corrected chi connectivity index (χ3v) is 3.95. The standard InChI is InChI=1S/C6H11Br.C6H12.CBr4/c7-6-4-2-1-3-5-6;1-2-4-6-5-3-1;2-1(3,4)5/h6H,1-5H2;1-6H2;. The second-order valence-corrected chi connectivity index (χ2v) is 17.2. The summed E-state index contributed by atoms with van der Waals surface area (Å²) in [7, 11) is 0. The second kappa shape index (κ2) is 13.1. The number of hydrogen-bond acceptors (Lipinski definition) is 0. The van der Waals surface area contributed by atoms with Crippen molar-refractivity contribution in [3.05, 3.63) is 0 Å². The molecule has 0 radical (unpaired) electrons. The molecule has 0 N–H and O–H groups in total. The van der Waals surface area contributed by atoms with Crippen LogP contribution in [0.2, 0.25) is 0 Å². The van der Waals surface area contributed by atoms with Gasteiger partial charge in [0.1, 0.15) is 0 Å². The molecule has 18 heavy (non-hydrogen) atoms. The van der Waals surface area contributed by atoms with Crippen molar-refractivity contribution in [3.63, 3.8) is 0 Å². The van der Waals surface area contributed by atoms with Gasteiger partial charge in [0.15, 0.2) is 1.05 Å². The molecule has 2 saturated carbocycles. The third kappa shape index (κ3) is 20.7. The monoisotopic (exact) mass is 574 g/mol. The van der Waals surface area contributed by atoms with Crippen LogP contribution in [0.25, 0.3) is 0 Å². The largest absolute Gasteiger partial charge is 0.189 e. The topological polar surface area (TPSA) is 0 Å². The van der Waals surface area contributed by atoms with E-state index in [4.69, 9.17) is 0 Å². The van der Waals surface area contributed by atoms with Gasteiger partial charge in [0.2, 0.25) is 0 Å². The average Bonchev–Trinajstić information content (AvgIpc) is 2.31. The molecule has 2 aliphatic carbocycles. The van der Waals surface area contributed by atoms with Gasteiger partial charge in [-0.2, -0.15) is 0 Å². The van der Waals surface area contributed by atoms with Crippen molar-refractivity contribution < 1.29 is 0 Å². The first kappa shape index (κ1) is 20.4. The zero-order chi connectivity index (χ0) is 13.9. The van der Waals surface area contributed by atoms with Crippen LogP contribution in [0.3, 0.4) is 0 Å². The number of alkyl halides is 5. The Kier molecular flexibility index (Phi) is 14.8. The number of rotatable bonds is 0. The fraction of sp³-hybridized carbons (Fsp3) is 1.00. The molecule has 0 heterocycles. The third-order valence-electron chi connectivity index (χ3n) is 3.03. The molecule has 0 aromatic rings. The predicted octanol–water partition coefficient (Wildman–Crippen LogP) is 8.23. The maximum atomic E-state index is 3.59. The summed E-state index contributed by atoms with van der Waals surface area (Å²) in [6.45, 7) is 0. The minimum absolute atomic E-state index is 0.250. The van der Waals surface area contributed by atoms with Crippen LogP contribution in [0, 0.1) is 0 Å². The molecule has 5 heteroatoms. The zero-order valence-electron chi connectivity index (χ0n) is 10.7. The molecule has 0 saturated heterocycles. The highest BCUT2D eigenvalue weighted by Crippen LogP contribution is 2.39. The molecule has 0 aromatic carbocycles. The minimum Gasteiger partial charge on any atom is -0.0891 e. The Morgan fingerprint density at radius 2 is 0.778 bits per heavy atom. The molecule has 0 bridgehead atoms. The Bertz CT molecular complexity index is 151. The molecular formula is C13H23Br5. The molecule has 0 nitrogen and oxygen atoms in total. The predicted molar refractivity (Wildman–Crippen MR) is 102 cm³/mol. The summed E-state index contributed by atoms with van der Waals surface area (Å²) in [5, 5.41) is 0. The van der Waals surface area contributed by atoms with E-state index < -0.39 is 0 Å². The molecule has 0 aromatic heterocycles. The highest BCUT2D eigenvalue weighted by molar-refractivity contribution is 9.52. The van der Waals surface area contributed by atoms with Crippen LogP contribution in [-0.4, -0.2) is 5.88 Å². The van der Waals surface area contributed by atoms with Gasteiger partial charge >= 0.3 is 0 Å². The zero-order valence-corrected chi connectivity index (χ0v) is 18.7. The summed E-state index contributed by atoms with van der Waals surface area (Å²) in [5.41, 5.74) is 0. The van der Waals surface area contributed by atoms with Gasteiger partial charge in [0, 0.05) is 4.83 Å². The van der Waals surface area contributed by atoms with E-state index in [9.17, 15) is 0 Å². The molecule has 0 atom stereocenters. The van der Waals surface area contributed by atoms with Crippen molar-refractivity contribution in [2.75, 3.05) is 0 Å². The van der Waals surface area contributed by atoms with Crippen LogP contribution in [-0.2, 0) is 0 Å². The van der Waals surface area contributed by atoms with E-state index in [2.05, 4.69) is 79.6 Å². The van der Waals surface area contributed by atoms with E-state index >= 15 is 0 Å². The van der Waals surface area contributed by atoms with Crippen LogP contribution in [0.15, 0.2) is 0 Å². The molecule has 0 amide bonds. The van der Waals surface area contributed by atoms with Gasteiger partial charge in [-0.1, -0.05) is 73.7 Å². The highest BCUT2D eigenvalue weighted by Gasteiger charge is 2.08. The van der Waals surface area contributed by atoms with Gasteiger partial charge in [-0.15, -0.1) is 0 Å². The van der Waals surface area contributed by atoms with Crippen LogP contribution in [0.1, 0.15) is 70.6 Å². The Labute approximate surface area is 154 Å². The van der Waals surface area contributed by atoms with Crippen molar-refractivity contribution in [1.82, 2.24) is 0 Å². The lowest BCUT2D eigenvalue weighted by molar-refractivity contribution is 0.504. The van der Waals surface area contributed by atoms with Gasteiger partial charge in [-0.05, 0) is 76.6 Å². The van der Waals surface area contributed by atoms with E-state index in [0.29, 0.717) is 0 Å². The first-order valence-corrected chi connectivity index (χ1v) is 10.9. The average molecular weight is 579 g/mol. The van der Waals surface area contributed by atoms with Gasteiger partial charge in [-0.25, -0.2) is 0 Å². The number of hydrogen-bond donors (Lipinski definition) is 0. The summed E-state index contributed by atoms with van der Waals surface area (Å²) >= 11 is 16.1. The van der Waals surface area contributed by atoms with E-state index in [1.54, 1.807) is 0 Å². The second-order valence-electron chi connectivity index (χ2n) is 4.79. The quantitative estimate of drug-likeness (QED) is 0.254. The van der Waals surface area contributed by atoms with Crippen molar-refractivity contribution in [1.29, 1.82) is 0 Å². The highest BCUT2D eigenvalue weighted by atomic mass is 80.0. The molecule has 110 valence electrons. The lowest BCUT2D eigenvalue weighted by Gasteiger charge is -2.13. The van der Waals surface area contributed by atoms with Gasteiger partial charge in [0.25, 0.3) is 0 Å². The van der Waals surface area contributed by atoms with E-state index in [-0.39, 0.29) is 1.05 Å².